The number of pyridine rings is 1. The van der Waals surface area contributed by atoms with E-state index in [0.29, 0.717) is 18.0 Å². The van der Waals surface area contributed by atoms with Gasteiger partial charge in [0.15, 0.2) is 0 Å². The summed E-state index contributed by atoms with van der Waals surface area (Å²) in [7, 11) is 1.64. The predicted octanol–water partition coefficient (Wildman–Crippen LogP) is 1.71. The van der Waals surface area contributed by atoms with Crippen LogP contribution in [0.2, 0.25) is 0 Å². The minimum absolute atomic E-state index is 0.530. The number of nitrogens with zero attached hydrogens (tertiary/aromatic N) is 1. The van der Waals surface area contributed by atoms with Crippen molar-refractivity contribution in [3.8, 4) is 5.88 Å². The van der Waals surface area contributed by atoms with Gasteiger partial charge in [0.2, 0.25) is 5.88 Å². The second-order valence-electron chi connectivity index (χ2n) is 5.02. The molecule has 4 heteroatoms. The SMILES string of the molecule is COc1ccc(CNC(C)CC2CCCN2)cn1. The van der Waals surface area contributed by atoms with Gasteiger partial charge in [-0.15, -0.1) is 0 Å². The fraction of sp³-hybridized carbons (Fsp3) is 0.643. The zero-order valence-corrected chi connectivity index (χ0v) is 11.3. The minimum atomic E-state index is 0.530. The van der Waals surface area contributed by atoms with E-state index < -0.39 is 0 Å². The molecule has 0 radical (unpaired) electrons. The van der Waals surface area contributed by atoms with E-state index in [1.807, 2.05) is 12.3 Å². The average Bonchev–Trinajstić information content (AvgIpc) is 2.90. The molecule has 2 unspecified atom stereocenters. The van der Waals surface area contributed by atoms with Gasteiger partial charge < -0.3 is 15.4 Å². The molecule has 0 amide bonds. The summed E-state index contributed by atoms with van der Waals surface area (Å²) in [4.78, 5) is 4.20. The molecule has 18 heavy (non-hydrogen) atoms. The predicted molar refractivity (Wildman–Crippen MR) is 72.7 cm³/mol. The molecule has 1 aromatic heterocycles. The number of aromatic nitrogens is 1. The molecular formula is C14H23N3O. The van der Waals surface area contributed by atoms with Crippen molar-refractivity contribution in [1.82, 2.24) is 15.6 Å². The third-order valence-corrected chi connectivity index (χ3v) is 3.46. The standard InChI is InChI=1S/C14H23N3O/c1-11(8-13-4-3-7-15-13)16-9-12-5-6-14(18-2)17-10-12/h5-6,10-11,13,15-16H,3-4,7-9H2,1-2H3. The molecule has 0 spiro atoms. The summed E-state index contributed by atoms with van der Waals surface area (Å²) < 4.78 is 5.04. The van der Waals surface area contributed by atoms with Crippen LogP contribution in [0.3, 0.4) is 0 Å². The molecule has 2 rings (SSSR count). The molecule has 1 aliphatic rings. The molecule has 0 aliphatic carbocycles. The Morgan fingerprint density at radius 1 is 1.56 bits per heavy atom. The van der Waals surface area contributed by atoms with E-state index in [-0.39, 0.29) is 0 Å². The van der Waals surface area contributed by atoms with Crippen LogP contribution in [0.1, 0.15) is 31.7 Å². The second-order valence-corrected chi connectivity index (χ2v) is 5.02. The van der Waals surface area contributed by atoms with Gasteiger partial charge >= 0.3 is 0 Å². The third-order valence-electron chi connectivity index (χ3n) is 3.46. The summed E-state index contributed by atoms with van der Waals surface area (Å²) in [6.45, 7) is 4.29. The molecule has 1 saturated heterocycles. The lowest BCUT2D eigenvalue weighted by Crippen LogP contribution is -2.33. The van der Waals surface area contributed by atoms with Gasteiger partial charge in [-0.25, -0.2) is 4.98 Å². The van der Waals surface area contributed by atoms with Crippen molar-refractivity contribution in [1.29, 1.82) is 0 Å². The van der Waals surface area contributed by atoms with Gasteiger partial charge in [-0.05, 0) is 38.3 Å². The van der Waals surface area contributed by atoms with Crippen LogP contribution in [0, 0.1) is 0 Å². The molecule has 0 bridgehead atoms. The summed E-state index contributed by atoms with van der Waals surface area (Å²) in [5.41, 5.74) is 1.20. The monoisotopic (exact) mass is 249 g/mol. The van der Waals surface area contributed by atoms with Crippen LogP contribution in [-0.4, -0.2) is 30.7 Å². The Balaban J connectivity index is 1.72. The number of hydrogen-bond donors (Lipinski definition) is 2. The van der Waals surface area contributed by atoms with Gasteiger partial charge in [0, 0.05) is 30.9 Å². The summed E-state index contributed by atoms with van der Waals surface area (Å²) in [6.07, 6.45) is 5.70. The lowest BCUT2D eigenvalue weighted by molar-refractivity contribution is 0.397. The quantitative estimate of drug-likeness (QED) is 0.805. The van der Waals surface area contributed by atoms with Crippen LogP contribution in [0.5, 0.6) is 5.88 Å². The summed E-state index contributed by atoms with van der Waals surface area (Å²) >= 11 is 0. The van der Waals surface area contributed by atoms with E-state index in [1.54, 1.807) is 7.11 Å². The molecule has 100 valence electrons. The fourth-order valence-electron chi connectivity index (χ4n) is 2.40. The molecule has 0 aromatic carbocycles. The first-order chi connectivity index (χ1) is 8.78. The van der Waals surface area contributed by atoms with Gasteiger partial charge in [0.1, 0.15) is 0 Å². The van der Waals surface area contributed by atoms with E-state index >= 15 is 0 Å². The fourth-order valence-corrected chi connectivity index (χ4v) is 2.40. The first kappa shape index (κ1) is 13.3. The summed E-state index contributed by atoms with van der Waals surface area (Å²) in [5, 5.41) is 7.07. The highest BCUT2D eigenvalue weighted by Gasteiger charge is 2.16. The van der Waals surface area contributed by atoms with Crippen LogP contribution in [0.4, 0.5) is 0 Å². The van der Waals surface area contributed by atoms with Crippen molar-refractivity contribution in [2.45, 2.75) is 44.8 Å². The zero-order chi connectivity index (χ0) is 12.8. The molecule has 4 nitrogen and oxygen atoms in total. The Hall–Kier alpha value is -1.13. The lowest BCUT2D eigenvalue weighted by Gasteiger charge is -2.18. The smallest absolute Gasteiger partial charge is 0.212 e. The Kier molecular flexibility index (Phi) is 4.96. The van der Waals surface area contributed by atoms with Crippen molar-refractivity contribution in [2.24, 2.45) is 0 Å². The first-order valence-electron chi connectivity index (χ1n) is 6.73. The van der Waals surface area contributed by atoms with Crippen molar-refractivity contribution >= 4 is 0 Å². The number of ether oxygens (including phenoxy) is 1. The van der Waals surface area contributed by atoms with E-state index in [4.69, 9.17) is 4.74 Å². The maximum atomic E-state index is 5.04. The van der Waals surface area contributed by atoms with Crippen molar-refractivity contribution in [2.75, 3.05) is 13.7 Å². The molecule has 1 aliphatic heterocycles. The van der Waals surface area contributed by atoms with Crippen LogP contribution < -0.4 is 15.4 Å². The normalized spacial score (nSPS) is 20.9. The van der Waals surface area contributed by atoms with Crippen LogP contribution in [-0.2, 0) is 6.54 Å². The van der Waals surface area contributed by atoms with E-state index in [1.165, 1.54) is 31.4 Å². The van der Waals surface area contributed by atoms with E-state index in [2.05, 4.69) is 28.6 Å². The highest BCUT2D eigenvalue weighted by atomic mass is 16.5. The van der Waals surface area contributed by atoms with Crippen molar-refractivity contribution in [3.63, 3.8) is 0 Å². The molecular weight excluding hydrogens is 226 g/mol. The first-order valence-corrected chi connectivity index (χ1v) is 6.73. The molecule has 2 N–H and O–H groups in total. The Bertz CT molecular complexity index is 347. The largest absolute Gasteiger partial charge is 0.481 e. The van der Waals surface area contributed by atoms with Gasteiger partial charge in [-0.1, -0.05) is 6.07 Å². The van der Waals surface area contributed by atoms with Crippen LogP contribution in [0.15, 0.2) is 18.3 Å². The lowest BCUT2D eigenvalue weighted by atomic mass is 10.1. The Labute approximate surface area is 109 Å². The molecule has 0 saturated carbocycles. The van der Waals surface area contributed by atoms with Gasteiger partial charge in [0.05, 0.1) is 7.11 Å². The third kappa shape index (κ3) is 3.96. The second kappa shape index (κ2) is 6.71. The zero-order valence-electron chi connectivity index (χ0n) is 11.3. The molecule has 2 atom stereocenters. The summed E-state index contributed by atoms with van der Waals surface area (Å²) in [5.74, 6) is 0.668. The number of hydrogen-bond acceptors (Lipinski definition) is 4. The molecule has 1 aromatic rings. The topological polar surface area (TPSA) is 46.2 Å². The summed E-state index contributed by atoms with van der Waals surface area (Å²) in [6, 6.07) is 5.18. The van der Waals surface area contributed by atoms with Gasteiger partial charge in [-0.2, -0.15) is 0 Å². The van der Waals surface area contributed by atoms with Crippen LogP contribution >= 0.6 is 0 Å². The van der Waals surface area contributed by atoms with Crippen molar-refractivity contribution < 1.29 is 4.74 Å². The number of rotatable bonds is 6. The molecule has 1 fully saturated rings. The maximum Gasteiger partial charge on any atom is 0.212 e. The van der Waals surface area contributed by atoms with Crippen LogP contribution in [0.25, 0.3) is 0 Å². The van der Waals surface area contributed by atoms with E-state index in [9.17, 15) is 0 Å². The molecule has 2 heterocycles. The number of nitrogens with one attached hydrogen (secondary N) is 2. The number of methoxy groups -OCH3 is 1. The van der Waals surface area contributed by atoms with Crippen molar-refractivity contribution in [3.05, 3.63) is 23.9 Å². The maximum absolute atomic E-state index is 5.04. The Morgan fingerprint density at radius 3 is 3.06 bits per heavy atom. The van der Waals surface area contributed by atoms with Gasteiger partial charge in [-0.3, -0.25) is 0 Å². The van der Waals surface area contributed by atoms with Gasteiger partial charge in [0.25, 0.3) is 0 Å². The highest BCUT2D eigenvalue weighted by Crippen LogP contribution is 2.11. The van der Waals surface area contributed by atoms with E-state index in [0.717, 1.165) is 6.54 Å². The minimum Gasteiger partial charge on any atom is -0.481 e. The highest BCUT2D eigenvalue weighted by molar-refractivity contribution is 5.17. The average molecular weight is 249 g/mol. The Morgan fingerprint density at radius 2 is 2.44 bits per heavy atom.